The summed E-state index contributed by atoms with van der Waals surface area (Å²) >= 11 is 0. The van der Waals surface area contributed by atoms with Gasteiger partial charge in [-0.25, -0.2) is 4.79 Å². The summed E-state index contributed by atoms with van der Waals surface area (Å²) in [6.07, 6.45) is 2.83. The van der Waals surface area contributed by atoms with E-state index < -0.39 is 59.6 Å². The van der Waals surface area contributed by atoms with Crippen molar-refractivity contribution in [2.75, 3.05) is 34.4 Å². The number of nitrogens with two attached hydrogens (primary N) is 1. The molecule has 2 rings (SSSR count). The molecule has 290 valence electrons. The van der Waals surface area contributed by atoms with Crippen molar-refractivity contribution in [1.29, 1.82) is 0 Å². The third-order valence-corrected chi connectivity index (χ3v) is 9.49. The Labute approximate surface area is 305 Å². The minimum Gasteiger partial charge on any atom is -0.480 e. The van der Waals surface area contributed by atoms with Gasteiger partial charge in [0.05, 0.1) is 48.7 Å². The average molecular weight is 720 g/mol. The van der Waals surface area contributed by atoms with E-state index in [1.54, 1.807) is 49.8 Å². The highest BCUT2D eigenvalue weighted by Gasteiger charge is 2.42. The number of carbonyl (C=O) groups is 5. The van der Waals surface area contributed by atoms with E-state index in [1.807, 2.05) is 32.0 Å². The van der Waals surface area contributed by atoms with Crippen LogP contribution in [0.2, 0.25) is 0 Å². The van der Waals surface area contributed by atoms with E-state index in [9.17, 15) is 29.1 Å². The Bertz CT molecular complexity index is 1240. The molecule has 51 heavy (non-hydrogen) atoms. The first-order valence-electron chi connectivity index (χ1n) is 18.3. The Morgan fingerprint density at radius 1 is 1.04 bits per heavy atom. The number of likely N-dealkylation sites (N-methyl/N-ethyl adjacent to an activating group) is 1. The molecule has 1 saturated heterocycles. The molecule has 0 aliphatic carbocycles. The van der Waals surface area contributed by atoms with Crippen LogP contribution in [0.5, 0.6) is 0 Å². The monoisotopic (exact) mass is 719 g/mol. The Morgan fingerprint density at radius 2 is 1.63 bits per heavy atom. The molecule has 0 bridgehead atoms. The van der Waals surface area contributed by atoms with Crippen molar-refractivity contribution >= 4 is 29.6 Å². The summed E-state index contributed by atoms with van der Waals surface area (Å²) in [6, 6.07) is 7.08. The van der Waals surface area contributed by atoms with E-state index in [-0.39, 0.29) is 37.1 Å². The van der Waals surface area contributed by atoms with Gasteiger partial charge in [0.2, 0.25) is 23.6 Å². The molecule has 1 heterocycles. The number of ether oxygens (including phenoxy) is 2. The Balaban J connectivity index is 0.00000418. The van der Waals surface area contributed by atoms with E-state index in [0.29, 0.717) is 19.4 Å². The number of carboxylic acids is 1. The second-order valence-electron chi connectivity index (χ2n) is 14.0. The van der Waals surface area contributed by atoms with Crippen molar-refractivity contribution in [2.24, 2.45) is 17.6 Å². The highest BCUT2D eigenvalue weighted by molar-refractivity contribution is 5.89. The maximum absolute atomic E-state index is 14.0. The number of carbonyl (C=O) groups excluding carboxylic acids is 4. The zero-order valence-electron chi connectivity index (χ0n) is 32.6. The highest BCUT2D eigenvalue weighted by atomic mass is 16.5. The molecule has 1 aromatic carbocycles. The van der Waals surface area contributed by atoms with Crippen LogP contribution in [0, 0.1) is 11.8 Å². The van der Waals surface area contributed by atoms with Crippen LogP contribution in [0.15, 0.2) is 30.3 Å². The lowest BCUT2D eigenvalue weighted by molar-refractivity contribution is -0.147. The molecular weight excluding hydrogens is 654 g/mol. The Hall–Kier alpha value is -3.55. The summed E-state index contributed by atoms with van der Waals surface area (Å²) < 4.78 is 11.7. The van der Waals surface area contributed by atoms with Gasteiger partial charge in [-0.05, 0) is 38.2 Å². The number of hydrogen-bond acceptors (Lipinski definition) is 8. The lowest BCUT2D eigenvalue weighted by Gasteiger charge is -2.40. The SMILES string of the molecule is CCC.CCC(CC)C(C(CC(=O)N1CCCC1C(OC)C(C)C(=O)NC(Cc1ccccc1)C(=O)O)OC)N(C)C(=O)CNC(=O)C(C)(C)N. The topological polar surface area (TPSA) is 181 Å². The van der Waals surface area contributed by atoms with E-state index in [0.717, 1.165) is 18.4 Å². The molecule has 1 aliphatic heterocycles. The molecule has 1 fully saturated rings. The van der Waals surface area contributed by atoms with E-state index >= 15 is 0 Å². The third kappa shape index (κ3) is 13.8. The number of nitrogens with one attached hydrogen (secondary N) is 2. The molecule has 1 aliphatic rings. The smallest absolute Gasteiger partial charge is 0.326 e. The Kier molecular flexibility index (Phi) is 20.0. The minimum atomic E-state index is -1.14. The maximum Gasteiger partial charge on any atom is 0.326 e. The van der Waals surface area contributed by atoms with E-state index in [2.05, 4.69) is 24.5 Å². The molecule has 0 saturated carbocycles. The summed E-state index contributed by atoms with van der Waals surface area (Å²) in [5.41, 5.74) is 5.50. The predicted octanol–water partition coefficient (Wildman–Crippen LogP) is 3.38. The summed E-state index contributed by atoms with van der Waals surface area (Å²) in [5.74, 6) is -3.32. The van der Waals surface area contributed by atoms with Crippen molar-refractivity contribution in [3.63, 3.8) is 0 Å². The number of carboxylic acid groups (broad SMARTS) is 1. The molecule has 13 nitrogen and oxygen atoms in total. The molecule has 0 radical (unpaired) electrons. The lowest BCUT2D eigenvalue weighted by atomic mass is 9.87. The normalized spacial score (nSPS) is 17.3. The standard InChI is InChI=1S/C35H57N5O8.C3H8/c1-9-24(10-2)30(39(6)29(42)21-37-34(46)35(4,5)36)27(47-7)20-28(41)40-18-14-17-26(40)31(48-8)22(3)32(43)38-25(33(44)45)19-23-15-12-11-13-16-23;1-3-2/h11-13,15-16,22,24-27,30-31H,9-10,14,17-21,36H2,1-8H3,(H,37,46)(H,38,43)(H,44,45);3H2,1-2H3. The van der Waals surface area contributed by atoms with Gasteiger partial charge in [0.25, 0.3) is 0 Å². The van der Waals surface area contributed by atoms with Gasteiger partial charge in [-0.2, -0.15) is 0 Å². The molecule has 5 N–H and O–H groups in total. The summed E-state index contributed by atoms with van der Waals surface area (Å²) in [6.45, 7) is 13.3. The predicted molar refractivity (Wildman–Crippen MR) is 198 cm³/mol. The van der Waals surface area contributed by atoms with Crippen LogP contribution >= 0.6 is 0 Å². The van der Waals surface area contributed by atoms with Crippen molar-refractivity contribution in [3.8, 4) is 0 Å². The van der Waals surface area contributed by atoms with Gasteiger partial charge in [0, 0.05) is 34.2 Å². The van der Waals surface area contributed by atoms with Crippen LogP contribution in [0.3, 0.4) is 0 Å². The number of nitrogens with zero attached hydrogens (tertiary/aromatic N) is 2. The van der Waals surface area contributed by atoms with Crippen molar-refractivity contribution in [2.45, 2.75) is 129 Å². The number of amides is 4. The zero-order chi connectivity index (χ0) is 38.9. The van der Waals surface area contributed by atoms with Crippen molar-refractivity contribution in [3.05, 3.63) is 35.9 Å². The summed E-state index contributed by atoms with van der Waals surface area (Å²) in [7, 11) is 4.66. The number of benzene rings is 1. The number of methoxy groups -OCH3 is 2. The summed E-state index contributed by atoms with van der Waals surface area (Å²) in [4.78, 5) is 68.2. The van der Waals surface area contributed by atoms with Crippen LogP contribution in [0.1, 0.15) is 92.6 Å². The molecule has 6 unspecified atom stereocenters. The van der Waals surface area contributed by atoms with E-state index in [1.165, 1.54) is 20.6 Å². The molecule has 0 aromatic heterocycles. The molecular formula is C38H65N5O8. The molecule has 1 aromatic rings. The average Bonchev–Trinajstić information content (AvgIpc) is 3.58. The van der Waals surface area contributed by atoms with Gasteiger partial charge in [0.1, 0.15) is 6.04 Å². The fourth-order valence-corrected chi connectivity index (χ4v) is 6.59. The fraction of sp³-hybridized carbons (Fsp3) is 0.711. The molecule has 13 heteroatoms. The number of hydrogen-bond donors (Lipinski definition) is 4. The van der Waals surface area contributed by atoms with Crippen LogP contribution in [0.4, 0.5) is 0 Å². The van der Waals surface area contributed by atoms with Gasteiger partial charge in [-0.1, -0.05) is 84.2 Å². The highest BCUT2D eigenvalue weighted by Crippen LogP contribution is 2.30. The maximum atomic E-state index is 14.0. The van der Waals surface area contributed by atoms with Gasteiger partial charge < -0.3 is 40.7 Å². The minimum absolute atomic E-state index is 0.0108. The largest absolute Gasteiger partial charge is 0.480 e. The van der Waals surface area contributed by atoms with Gasteiger partial charge in [-0.15, -0.1) is 0 Å². The molecule has 0 spiro atoms. The first-order valence-corrected chi connectivity index (χ1v) is 18.3. The Morgan fingerprint density at radius 3 is 2.12 bits per heavy atom. The quantitative estimate of drug-likeness (QED) is 0.167. The van der Waals surface area contributed by atoms with Crippen LogP contribution in [-0.4, -0.2) is 115 Å². The van der Waals surface area contributed by atoms with Gasteiger partial charge in [0.15, 0.2) is 0 Å². The van der Waals surface area contributed by atoms with Crippen LogP contribution < -0.4 is 16.4 Å². The van der Waals surface area contributed by atoms with Crippen molar-refractivity contribution in [1.82, 2.24) is 20.4 Å². The first-order chi connectivity index (χ1) is 24.0. The number of aliphatic carboxylic acids is 1. The molecule has 4 amide bonds. The first kappa shape index (κ1) is 45.5. The van der Waals surface area contributed by atoms with Crippen molar-refractivity contribution < 1.29 is 38.6 Å². The molecule has 6 atom stereocenters. The second-order valence-corrected chi connectivity index (χ2v) is 14.0. The van der Waals surface area contributed by atoms with E-state index in [4.69, 9.17) is 15.2 Å². The third-order valence-electron chi connectivity index (χ3n) is 9.49. The van der Waals surface area contributed by atoms with Crippen LogP contribution in [-0.2, 0) is 39.9 Å². The van der Waals surface area contributed by atoms with Gasteiger partial charge >= 0.3 is 5.97 Å². The number of likely N-dealkylation sites (tertiary alicyclic amines) is 1. The zero-order valence-corrected chi connectivity index (χ0v) is 32.6. The number of rotatable bonds is 19. The fourth-order valence-electron chi connectivity index (χ4n) is 6.59. The summed E-state index contributed by atoms with van der Waals surface area (Å²) in [5, 5.41) is 15.1. The van der Waals surface area contributed by atoms with Gasteiger partial charge in [-0.3, -0.25) is 19.2 Å². The van der Waals surface area contributed by atoms with Crippen LogP contribution in [0.25, 0.3) is 0 Å². The second kappa shape index (κ2) is 22.4. The lowest BCUT2D eigenvalue weighted by Crippen LogP contribution is -2.56.